The zero-order chi connectivity index (χ0) is 74.3. The van der Waals surface area contributed by atoms with Crippen LogP contribution in [0.4, 0.5) is 0 Å². The Morgan fingerprint density at radius 3 is 1.76 bits per heavy atom. The van der Waals surface area contributed by atoms with E-state index in [1.165, 1.54) is 29.2 Å². The van der Waals surface area contributed by atoms with E-state index in [0.29, 0.717) is 11.1 Å². The fraction of sp³-hybridized carbons (Fsp3) is 0.600. The molecule has 9 rings (SSSR count). The van der Waals surface area contributed by atoms with Crippen LogP contribution in [0, 0.1) is 10.8 Å². The number of aliphatic hydroxyl groups excluding tert-OH is 14. The Hall–Kier alpha value is -7.90. The third-order valence-corrected chi connectivity index (χ3v) is 19.0. The van der Waals surface area contributed by atoms with Crippen molar-refractivity contribution in [3.63, 3.8) is 0 Å². The summed E-state index contributed by atoms with van der Waals surface area (Å²) in [6.45, 7) is 0.582. The molecule has 0 spiro atoms. The molecule has 0 saturated carbocycles. The Morgan fingerprint density at radius 2 is 1.17 bits per heavy atom. The predicted octanol–water partition coefficient (Wildman–Crippen LogP) is -9.68. The quantitative estimate of drug-likeness (QED) is 0.0530. The first kappa shape index (κ1) is 78.2. The smallest absolute Gasteiger partial charge is 0.247 e. The average molecular weight is 1440 g/mol. The van der Waals surface area contributed by atoms with Gasteiger partial charge in [0.2, 0.25) is 41.7 Å². The molecule has 6 amide bonds. The third kappa shape index (κ3) is 17.3. The number of amides is 6. The van der Waals surface area contributed by atoms with Crippen molar-refractivity contribution < 1.29 is 124 Å². The molecular weight excluding hydrogens is 1350 g/mol. The molecule has 37 heteroatoms. The zero-order valence-electron chi connectivity index (χ0n) is 56.0. The van der Waals surface area contributed by atoms with E-state index in [2.05, 4.69) is 37.2 Å². The van der Waals surface area contributed by atoms with Crippen LogP contribution in [0.2, 0.25) is 0 Å². The summed E-state index contributed by atoms with van der Waals surface area (Å²) in [5.41, 5.74) is 1.98. The second-order valence-corrected chi connectivity index (χ2v) is 26.9. The van der Waals surface area contributed by atoms with Gasteiger partial charge in [-0.1, -0.05) is 94.4 Å². The topological polar surface area (TPSA) is 573 Å². The maximum absolute atomic E-state index is 15.9. The van der Waals surface area contributed by atoms with Crippen LogP contribution in [0.25, 0.3) is 0 Å². The molecule has 6 aliphatic rings. The minimum Gasteiger partial charge on any atom is -0.462 e. The van der Waals surface area contributed by atoms with Crippen molar-refractivity contribution in [2.24, 2.45) is 0 Å². The molecule has 6 heterocycles. The Labute approximate surface area is 584 Å². The monoisotopic (exact) mass is 1440 g/mol. The molecule has 0 radical (unpaired) electrons. The molecule has 6 saturated heterocycles. The van der Waals surface area contributed by atoms with E-state index < -0.39 is 246 Å². The predicted molar refractivity (Wildman–Crippen MR) is 349 cm³/mol. The Morgan fingerprint density at radius 1 is 0.578 bits per heavy atom. The van der Waals surface area contributed by atoms with Gasteiger partial charge in [0.25, 0.3) is 0 Å². The van der Waals surface area contributed by atoms with Gasteiger partial charge >= 0.3 is 0 Å². The number of nitrogens with one attached hydrogen (secondary N) is 9. The van der Waals surface area contributed by atoms with Crippen LogP contribution in [0.5, 0.6) is 5.75 Å². The van der Waals surface area contributed by atoms with Gasteiger partial charge in [-0.2, -0.15) is 0 Å². The van der Waals surface area contributed by atoms with Crippen molar-refractivity contribution in [1.29, 1.82) is 10.8 Å². The lowest BCUT2D eigenvalue weighted by molar-refractivity contribution is -0.352. The van der Waals surface area contributed by atoms with Crippen molar-refractivity contribution >= 4 is 47.4 Å². The average Bonchev–Trinajstić information content (AvgIpc) is 1.53. The number of guanidine groups is 2. The number of nitrogens with zero attached hydrogens (tertiary/aromatic N) is 3. The number of carbonyl (C=O) groups is 6. The fourth-order valence-electron chi connectivity index (χ4n) is 13.0. The van der Waals surface area contributed by atoms with Crippen LogP contribution in [-0.2, 0) is 66.1 Å². The molecule has 23 N–H and O–H groups in total. The Kier molecular flexibility index (Phi) is 25.8. The number of rotatable bonds is 19. The highest BCUT2D eigenvalue weighted by molar-refractivity contribution is 5.99. The number of ether oxygens (including phenoxy) is 5. The van der Waals surface area contributed by atoms with Crippen LogP contribution in [0.3, 0.4) is 0 Å². The first-order chi connectivity index (χ1) is 48.4. The number of carbonyl (C=O) groups excluding carboxylic acids is 6. The van der Waals surface area contributed by atoms with Gasteiger partial charge in [-0.3, -0.25) is 39.6 Å². The molecule has 37 nitrogen and oxygen atoms in total. The van der Waals surface area contributed by atoms with Gasteiger partial charge in [0.15, 0.2) is 24.4 Å². The lowest BCUT2D eigenvalue weighted by Crippen LogP contribution is -2.69. The highest BCUT2D eigenvalue weighted by Crippen LogP contribution is 2.35. The van der Waals surface area contributed by atoms with Gasteiger partial charge in [-0.25, -0.2) is 0 Å². The SMILES string of the molecule is CC(c1ccccc1)C1NC(=O)CNC(=O)C(CO)NC(=O)C(C(O)C2CN(Cc3ccc(C(C)(C)C)cc3)C(=N)N2C2OC(CO)C(O)C(O)C2O)NC(=O)C(CO)N(C2CNC(=N)N2)C(=O)C(Cc2ccc(OC3OC(CO)C(OC4OC(CO)C(O)C(O)C4O)C(O)C3O)cc2)NC1=O. The summed E-state index contributed by atoms with van der Waals surface area (Å²) in [6, 6.07) is 9.24. The molecule has 562 valence electrons. The Bertz CT molecular complexity index is 3400. The zero-order valence-corrected chi connectivity index (χ0v) is 56.0. The molecular formula is C65H92N12O25. The number of benzene rings is 3. The molecule has 3 aromatic carbocycles. The van der Waals surface area contributed by atoms with Crippen LogP contribution in [-0.4, -0.2) is 327 Å². The van der Waals surface area contributed by atoms with E-state index in [0.717, 1.165) is 15.4 Å². The van der Waals surface area contributed by atoms with Crippen molar-refractivity contribution in [3.8, 4) is 5.75 Å². The first-order valence-electron chi connectivity index (χ1n) is 33.1. The second kappa shape index (κ2) is 33.7. The van der Waals surface area contributed by atoms with Gasteiger partial charge in [-0.05, 0) is 39.8 Å². The number of hydrogen-bond donors (Lipinski definition) is 23. The molecule has 6 aliphatic heterocycles. The van der Waals surface area contributed by atoms with Crippen LogP contribution in [0.1, 0.15) is 55.9 Å². The van der Waals surface area contributed by atoms with Crippen LogP contribution in [0.15, 0.2) is 78.9 Å². The molecule has 102 heavy (non-hydrogen) atoms. The summed E-state index contributed by atoms with van der Waals surface area (Å²) in [7, 11) is 0. The fourth-order valence-corrected chi connectivity index (χ4v) is 13.0. The first-order valence-corrected chi connectivity index (χ1v) is 33.1. The summed E-state index contributed by atoms with van der Waals surface area (Å²) in [4.78, 5) is 92.8. The van der Waals surface area contributed by atoms with E-state index in [-0.39, 0.29) is 29.8 Å². The van der Waals surface area contributed by atoms with Crippen molar-refractivity contribution in [3.05, 3.63) is 101 Å². The highest BCUT2D eigenvalue weighted by atomic mass is 16.7. The summed E-state index contributed by atoms with van der Waals surface area (Å²) in [5.74, 6) is -9.21. The van der Waals surface area contributed by atoms with E-state index in [9.17, 15) is 86.5 Å². The summed E-state index contributed by atoms with van der Waals surface area (Å²) >= 11 is 0. The number of aliphatic hydroxyl groups is 14. The minimum absolute atomic E-state index is 0.0829. The summed E-state index contributed by atoms with van der Waals surface area (Å²) in [6.07, 6.45) is -31.6. The normalized spacial score (nSPS) is 34.8. The minimum atomic E-state index is -2.39. The molecule has 0 aromatic heterocycles. The molecule has 24 unspecified atom stereocenters. The summed E-state index contributed by atoms with van der Waals surface area (Å²) in [5, 5.41) is 188. The maximum Gasteiger partial charge on any atom is 0.247 e. The van der Waals surface area contributed by atoms with Crippen molar-refractivity contribution in [2.45, 2.75) is 193 Å². The largest absolute Gasteiger partial charge is 0.462 e. The molecule has 0 bridgehead atoms. The lowest BCUT2D eigenvalue weighted by Gasteiger charge is -2.46. The van der Waals surface area contributed by atoms with Gasteiger partial charge in [0.1, 0.15) is 121 Å². The summed E-state index contributed by atoms with van der Waals surface area (Å²) < 4.78 is 28.7. The van der Waals surface area contributed by atoms with Crippen molar-refractivity contribution in [1.82, 2.24) is 51.9 Å². The van der Waals surface area contributed by atoms with E-state index in [4.69, 9.17) is 29.1 Å². The molecule has 3 aromatic rings. The molecule has 0 aliphatic carbocycles. The standard InChI is InChI=1S/C65H92N12O25/c1-28(31-8-6-5-7-9-31)43-57(95)70-34(18-29-12-16-33(17-13-29)98-61-53(92)50(89)54(40(27-82)101-61)102-62-52(91)49(88)47(86)39(26-81)100-62)59(97)76(41-19-69-63(66)72-41)37(24-79)56(94)74-44(58(96)71-35(23-78)55(93)68-20-42(83)73-43)45(84)36-22-75(21-30-10-14-32(15-11-30)65(2,3)4)64(67)77(36)60-51(90)48(87)46(85)38(25-80)99-60/h5-17,28,34-41,43-54,60-62,67,78-82,84-92H,18-27H2,1-4H3,(H,68,93)(H,70,95)(H,71,96)(H,73,83)(H,74,94)(H3,66,69,72). The third-order valence-electron chi connectivity index (χ3n) is 19.0. The van der Waals surface area contributed by atoms with E-state index in [1.807, 2.05) is 32.9 Å². The number of hydrogen-bond acceptors (Lipinski definition) is 27. The molecule has 6 fully saturated rings. The van der Waals surface area contributed by atoms with E-state index in [1.54, 1.807) is 49.4 Å². The van der Waals surface area contributed by atoms with Crippen LogP contribution < -0.4 is 42.0 Å². The van der Waals surface area contributed by atoms with Gasteiger partial charge in [-0.15, -0.1) is 0 Å². The molecule has 24 atom stereocenters. The van der Waals surface area contributed by atoms with Crippen molar-refractivity contribution in [2.75, 3.05) is 52.7 Å². The van der Waals surface area contributed by atoms with Crippen LogP contribution >= 0.6 is 0 Å². The van der Waals surface area contributed by atoms with Gasteiger partial charge in [0.05, 0.1) is 52.2 Å². The highest BCUT2D eigenvalue weighted by Gasteiger charge is 2.56. The lowest BCUT2D eigenvalue weighted by atomic mass is 9.87. The van der Waals surface area contributed by atoms with Gasteiger partial charge < -0.3 is 147 Å². The van der Waals surface area contributed by atoms with E-state index >= 15 is 19.2 Å². The van der Waals surface area contributed by atoms with Gasteiger partial charge in [0, 0.05) is 25.4 Å². The maximum atomic E-state index is 15.9. The Balaban J connectivity index is 1.07. The second-order valence-electron chi connectivity index (χ2n) is 26.9.